The van der Waals surface area contributed by atoms with Crippen LogP contribution in [0.2, 0.25) is 0 Å². The molecule has 0 aliphatic carbocycles. The molecule has 0 fully saturated rings. The minimum absolute atomic E-state index is 0.190. The number of aryl methyl sites for hydroxylation is 1. The van der Waals surface area contributed by atoms with Crippen molar-refractivity contribution in [1.29, 1.82) is 0 Å². The third-order valence-electron chi connectivity index (χ3n) is 4.45. The number of rotatable bonds is 4. The normalized spacial score (nSPS) is 17.4. The van der Waals surface area contributed by atoms with E-state index in [1.54, 1.807) is 0 Å². The minimum Gasteiger partial charge on any atom is -0.369 e. The van der Waals surface area contributed by atoms with Crippen molar-refractivity contribution in [3.8, 4) is 0 Å². The van der Waals surface area contributed by atoms with Crippen LogP contribution in [0.4, 0.5) is 0 Å². The van der Waals surface area contributed by atoms with Gasteiger partial charge in [-0.05, 0) is 59.0 Å². The molecule has 1 aliphatic heterocycles. The number of aromatic nitrogens is 1. The summed E-state index contributed by atoms with van der Waals surface area (Å²) in [5.74, 6) is 0. The van der Waals surface area contributed by atoms with Gasteiger partial charge in [0.1, 0.15) is 5.60 Å². The average molecular weight is 286 g/mol. The molecule has 3 heteroatoms. The molecule has 3 nitrogen and oxygen atoms in total. The molecular formula is C18H26N2O. The van der Waals surface area contributed by atoms with Crippen molar-refractivity contribution >= 4 is 10.9 Å². The van der Waals surface area contributed by atoms with E-state index in [0.717, 1.165) is 32.5 Å². The molecule has 21 heavy (non-hydrogen) atoms. The van der Waals surface area contributed by atoms with Crippen molar-refractivity contribution in [2.45, 2.75) is 38.8 Å². The lowest BCUT2D eigenvalue weighted by Gasteiger charge is -2.33. The largest absolute Gasteiger partial charge is 0.369 e. The summed E-state index contributed by atoms with van der Waals surface area (Å²) in [6, 6.07) is 8.80. The van der Waals surface area contributed by atoms with Gasteiger partial charge in [0.05, 0.1) is 12.3 Å². The molecule has 2 heterocycles. The second-order valence-corrected chi connectivity index (χ2v) is 6.76. The first-order valence-electron chi connectivity index (χ1n) is 7.90. The topological polar surface area (TPSA) is 17.4 Å². The van der Waals surface area contributed by atoms with Gasteiger partial charge >= 0.3 is 0 Å². The van der Waals surface area contributed by atoms with E-state index < -0.39 is 0 Å². The van der Waals surface area contributed by atoms with E-state index in [9.17, 15) is 0 Å². The number of benzene rings is 1. The van der Waals surface area contributed by atoms with Crippen LogP contribution in [-0.2, 0) is 23.3 Å². The fourth-order valence-corrected chi connectivity index (χ4v) is 3.57. The van der Waals surface area contributed by atoms with E-state index in [1.165, 1.54) is 22.2 Å². The fourth-order valence-electron chi connectivity index (χ4n) is 3.57. The quantitative estimate of drug-likeness (QED) is 0.857. The number of hydrogen-bond acceptors (Lipinski definition) is 2. The van der Waals surface area contributed by atoms with Gasteiger partial charge in [-0.1, -0.05) is 18.2 Å². The van der Waals surface area contributed by atoms with Crippen molar-refractivity contribution in [3.05, 3.63) is 35.5 Å². The summed E-state index contributed by atoms with van der Waals surface area (Å²) < 4.78 is 8.55. The SMILES string of the molecule is CN(C)CCCn1c2c(c3ccccc31)CCOC2(C)C. The van der Waals surface area contributed by atoms with Crippen LogP contribution >= 0.6 is 0 Å². The van der Waals surface area contributed by atoms with Crippen molar-refractivity contribution < 1.29 is 4.74 Å². The molecule has 0 N–H and O–H groups in total. The molecule has 0 amide bonds. The lowest BCUT2D eigenvalue weighted by atomic mass is 9.94. The van der Waals surface area contributed by atoms with Gasteiger partial charge < -0.3 is 14.2 Å². The number of fused-ring (bicyclic) bond motifs is 3. The molecule has 1 aromatic heterocycles. The Kier molecular flexibility index (Phi) is 3.80. The Hall–Kier alpha value is -1.32. The van der Waals surface area contributed by atoms with Crippen molar-refractivity contribution in [2.24, 2.45) is 0 Å². The van der Waals surface area contributed by atoms with Gasteiger partial charge in [-0.3, -0.25) is 0 Å². The Morgan fingerprint density at radius 1 is 1.24 bits per heavy atom. The maximum atomic E-state index is 6.06. The molecular weight excluding hydrogens is 260 g/mol. The summed E-state index contributed by atoms with van der Waals surface area (Å²) in [5.41, 5.74) is 4.05. The standard InChI is InChI=1S/C18H26N2O/c1-18(2)17-15(10-13-21-18)14-8-5-6-9-16(14)20(17)12-7-11-19(3)4/h5-6,8-9H,7,10-13H2,1-4H3. The summed E-state index contributed by atoms with van der Waals surface area (Å²) in [7, 11) is 4.27. The van der Waals surface area contributed by atoms with Gasteiger partial charge in [0.2, 0.25) is 0 Å². The summed E-state index contributed by atoms with van der Waals surface area (Å²) >= 11 is 0. The molecule has 3 rings (SSSR count). The Labute approximate surface area is 127 Å². The Balaban J connectivity index is 2.08. The Bertz CT molecular complexity index is 640. The second-order valence-electron chi connectivity index (χ2n) is 6.76. The van der Waals surface area contributed by atoms with Crippen molar-refractivity contribution in [1.82, 2.24) is 9.47 Å². The van der Waals surface area contributed by atoms with Crippen LogP contribution in [0.1, 0.15) is 31.5 Å². The van der Waals surface area contributed by atoms with Gasteiger partial charge in [0.25, 0.3) is 0 Å². The van der Waals surface area contributed by atoms with Crippen molar-refractivity contribution in [3.63, 3.8) is 0 Å². The maximum Gasteiger partial charge on any atom is 0.103 e. The molecule has 0 saturated carbocycles. The molecule has 0 atom stereocenters. The average Bonchev–Trinajstić information content (AvgIpc) is 2.75. The van der Waals surface area contributed by atoms with Crippen LogP contribution in [0.3, 0.4) is 0 Å². The van der Waals surface area contributed by atoms with Crippen LogP contribution in [0.25, 0.3) is 10.9 Å². The number of ether oxygens (including phenoxy) is 1. The zero-order chi connectivity index (χ0) is 15.0. The van der Waals surface area contributed by atoms with Gasteiger partial charge in [-0.15, -0.1) is 0 Å². The van der Waals surface area contributed by atoms with Crippen LogP contribution in [0, 0.1) is 0 Å². The third kappa shape index (κ3) is 2.60. The molecule has 1 aliphatic rings. The van der Waals surface area contributed by atoms with Crippen LogP contribution in [0.15, 0.2) is 24.3 Å². The predicted molar refractivity (Wildman–Crippen MR) is 87.8 cm³/mol. The van der Waals surface area contributed by atoms with Gasteiger partial charge in [-0.25, -0.2) is 0 Å². The molecule has 0 spiro atoms. The van der Waals surface area contributed by atoms with Gasteiger partial charge in [-0.2, -0.15) is 0 Å². The Morgan fingerprint density at radius 2 is 2.00 bits per heavy atom. The van der Waals surface area contributed by atoms with Crippen LogP contribution < -0.4 is 0 Å². The fraction of sp³-hybridized carbons (Fsp3) is 0.556. The van der Waals surface area contributed by atoms with Crippen LogP contribution in [-0.4, -0.2) is 36.7 Å². The lowest BCUT2D eigenvalue weighted by Crippen LogP contribution is -2.32. The first kappa shape index (κ1) is 14.6. The van der Waals surface area contributed by atoms with E-state index in [0.29, 0.717) is 0 Å². The van der Waals surface area contributed by atoms with Crippen LogP contribution in [0.5, 0.6) is 0 Å². The zero-order valence-electron chi connectivity index (χ0n) is 13.6. The summed E-state index contributed by atoms with van der Waals surface area (Å²) in [5, 5.41) is 1.41. The third-order valence-corrected chi connectivity index (χ3v) is 4.45. The summed E-state index contributed by atoms with van der Waals surface area (Å²) in [6.07, 6.45) is 2.19. The molecule has 0 saturated heterocycles. The van der Waals surface area contributed by atoms with Crippen molar-refractivity contribution in [2.75, 3.05) is 27.2 Å². The number of nitrogens with zero attached hydrogens (tertiary/aromatic N) is 2. The highest BCUT2D eigenvalue weighted by Gasteiger charge is 2.33. The highest BCUT2D eigenvalue weighted by Crippen LogP contribution is 2.39. The van der Waals surface area contributed by atoms with E-state index in [4.69, 9.17) is 4.74 Å². The monoisotopic (exact) mass is 286 g/mol. The summed E-state index contributed by atoms with van der Waals surface area (Å²) in [6.45, 7) is 7.40. The lowest BCUT2D eigenvalue weighted by molar-refractivity contribution is -0.0369. The number of hydrogen-bond donors (Lipinski definition) is 0. The molecule has 2 aromatic rings. The highest BCUT2D eigenvalue weighted by molar-refractivity contribution is 5.86. The van der Waals surface area contributed by atoms with E-state index in [-0.39, 0.29) is 5.60 Å². The molecule has 0 radical (unpaired) electrons. The zero-order valence-corrected chi connectivity index (χ0v) is 13.6. The first-order chi connectivity index (χ1) is 10.0. The van der Waals surface area contributed by atoms with Gasteiger partial charge in [0.15, 0.2) is 0 Å². The maximum absolute atomic E-state index is 6.06. The van der Waals surface area contributed by atoms with E-state index in [1.807, 2.05) is 0 Å². The first-order valence-corrected chi connectivity index (χ1v) is 7.90. The van der Waals surface area contributed by atoms with E-state index in [2.05, 4.69) is 61.7 Å². The van der Waals surface area contributed by atoms with E-state index >= 15 is 0 Å². The minimum atomic E-state index is -0.190. The smallest absolute Gasteiger partial charge is 0.103 e. The molecule has 1 aromatic carbocycles. The molecule has 0 bridgehead atoms. The molecule has 0 unspecified atom stereocenters. The Morgan fingerprint density at radius 3 is 2.76 bits per heavy atom. The highest BCUT2D eigenvalue weighted by atomic mass is 16.5. The predicted octanol–water partition coefficient (Wildman–Crippen LogP) is 3.40. The second kappa shape index (κ2) is 5.47. The summed E-state index contributed by atoms with van der Waals surface area (Å²) in [4.78, 5) is 2.25. The molecule has 114 valence electrons. The number of para-hydroxylation sites is 1. The van der Waals surface area contributed by atoms with Gasteiger partial charge in [0, 0.05) is 17.4 Å².